The lowest BCUT2D eigenvalue weighted by Gasteiger charge is -2.27. The number of amides is 2. The minimum Gasteiger partial charge on any atom is -0.376 e. The molecular formula is C14H19ClN4OS. The Labute approximate surface area is 135 Å². The van der Waals surface area contributed by atoms with Crippen molar-refractivity contribution in [3.8, 4) is 0 Å². The molecule has 0 saturated carbocycles. The quantitative estimate of drug-likeness (QED) is 0.835. The lowest BCUT2D eigenvalue weighted by molar-refractivity contribution is 0.249. The van der Waals surface area contributed by atoms with Gasteiger partial charge in [0.1, 0.15) is 0 Å². The number of carbonyl (C=O) groups is 1. The Hall–Kier alpha value is -1.79. The Morgan fingerprint density at radius 2 is 2.05 bits per heavy atom. The molecule has 3 N–H and O–H groups in total. The van der Waals surface area contributed by atoms with Crippen LogP contribution in [0.4, 0.5) is 16.2 Å². The number of halogens is 1. The molecule has 0 atom stereocenters. The van der Waals surface area contributed by atoms with Crippen molar-refractivity contribution in [1.82, 2.24) is 5.32 Å². The zero-order valence-electron chi connectivity index (χ0n) is 12.3. The number of hydrogen-bond acceptors (Lipinski definition) is 2. The van der Waals surface area contributed by atoms with Gasteiger partial charge in [0.15, 0.2) is 5.11 Å². The van der Waals surface area contributed by atoms with Gasteiger partial charge in [0.05, 0.1) is 12.2 Å². The van der Waals surface area contributed by atoms with Crippen LogP contribution >= 0.6 is 23.8 Å². The van der Waals surface area contributed by atoms with Crippen LogP contribution in [0.3, 0.4) is 0 Å². The first kappa shape index (κ1) is 17.3. The highest BCUT2D eigenvalue weighted by Crippen LogP contribution is 2.29. The first-order chi connectivity index (χ1) is 9.79. The van der Waals surface area contributed by atoms with E-state index in [4.69, 9.17) is 29.6 Å². The van der Waals surface area contributed by atoms with Crippen molar-refractivity contribution in [3.63, 3.8) is 0 Å². The standard InChI is InChI=1S/C14H19ClN4OS/c1-9(15)8-19(13(16)21)12-7-5-6-11(10(12)2)18(4)14(20)17-3/h5-7H,1,8H2,2-4H3,(H2,16,21)(H,17,20). The lowest BCUT2D eigenvalue weighted by atomic mass is 10.1. The fourth-order valence-electron chi connectivity index (χ4n) is 2.00. The molecule has 1 aromatic rings. The fraction of sp³-hybridized carbons (Fsp3) is 0.286. The molecule has 21 heavy (non-hydrogen) atoms. The van der Waals surface area contributed by atoms with E-state index in [1.807, 2.05) is 25.1 Å². The summed E-state index contributed by atoms with van der Waals surface area (Å²) in [4.78, 5) is 15.0. The monoisotopic (exact) mass is 326 g/mol. The Kier molecular flexibility index (Phi) is 5.99. The maximum atomic E-state index is 11.8. The van der Waals surface area contributed by atoms with Crippen molar-refractivity contribution in [2.24, 2.45) is 5.73 Å². The van der Waals surface area contributed by atoms with Crippen molar-refractivity contribution in [2.45, 2.75) is 6.92 Å². The predicted molar refractivity (Wildman–Crippen MR) is 93.2 cm³/mol. The van der Waals surface area contributed by atoms with E-state index in [1.54, 1.807) is 19.0 Å². The second kappa shape index (κ2) is 7.28. The number of nitrogens with zero attached hydrogens (tertiary/aromatic N) is 2. The van der Waals surface area contributed by atoms with E-state index in [9.17, 15) is 4.79 Å². The number of nitrogens with two attached hydrogens (primary N) is 1. The molecule has 1 rings (SSSR count). The molecule has 0 spiro atoms. The normalized spacial score (nSPS) is 9.90. The van der Waals surface area contributed by atoms with Gasteiger partial charge in [0, 0.05) is 24.8 Å². The van der Waals surface area contributed by atoms with E-state index >= 15 is 0 Å². The molecule has 114 valence electrons. The van der Waals surface area contributed by atoms with Crippen LogP contribution < -0.4 is 20.9 Å². The fourth-order valence-corrected chi connectivity index (χ4v) is 2.28. The summed E-state index contributed by atoms with van der Waals surface area (Å²) in [6, 6.07) is 5.34. The van der Waals surface area contributed by atoms with Crippen molar-refractivity contribution in [1.29, 1.82) is 0 Å². The summed E-state index contributed by atoms with van der Waals surface area (Å²) in [6.45, 7) is 5.87. The number of carbonyl (C=O) groups excluding carboxylic acids is 1. The number of rotatable bonds is 4. The molecule has 2 amide bonds. The summed E-state index contributed by atoms with van der Waals surface area (Å²) >= 11 is 10.9. The molecular weight excluding hydrogens is 308 g/mol. The van der Waals surface area contributed by atoms with Gasteiger partial charge in [0.25, 0.3) is 0 Å². The number of urea groups is 1. The number of nitrogens with one attached hydrogen (secondary N) is 1. The van der Waals surface area contributed by atoms with Crippen LogP contribution in [0.2, 0.25) is 0 Å². The molecule has 0 fully saturated rings. The third-order valence-corrected chi connectivity index (χ3v) is 3.38. The topological polar surface area (TPSA) is 61.6 Å². The van der Waals surface area contributed by atoms with Crippen LogP contribution in [0.5, 0.6) is 0 Å². The van der Waals surface area contributed by atoms with Crippen molar-refractivity contribution < 1.29 is 4.79 Å². The summed E-state index contributed by atoms with van der Waals surface area (Å²) < 4.78 is 0. The second-order valence-electron chi connectivity index (χ2n) is 4.48. The smallest absolute Gasteiger partial charge is 0.321 e. The van der Waals surface area contributed by atoms with Gasteiger partial charge in [-0.2, -0.15) is 0 Å². The van der Waals surface area contributed by atoms with Gasteiger partial charge in [-0.3, -0.25) is 4.90 Å². The van der Waals surface area contributed by atoms with Gasteiger partial charge in [0.2, 0.25) is 0 Å². The number of anilines is 2. The van der Waals surface area contributed by atoms with Crippen LogP contribution in [0.1, 0.15) is 5.56 Å². The maximum Gasteiger partial charge on any atom is 0.321 e. The molecule has 0 aliphatic carbocycles. The third-order valence-electron chi connectivity index (χ3n) is 3.04. The summed E-state index contributed by atoms with van der Waals surface area (Å²) in [5, 5.41) is 3.20. The number of benzene rings is 1. The van der Waals surface area contributed by atoms with Crippen LogP contribution in [0, 0.1) is 6.92 Å². The van der Waals surface area contributed by atoms with Crippen LogP contribution in [-0.4, -0.2) is 31.8 Å². The van der Waals surface area contributed by atoms with Gasteiger partial charge in [-0.15, -0.1) is 0 Å². The van der Waals surface area contributed by atoms with E-state index in [1.165, 1.54) is 4.90 Å². The van der Waals surface area contributed by atoms with Gasteiger partial charge in [-0.05, 0) is 36.8 Å². The highest BCUT2D eigenvalue weighted by molar-refractivity contribution is 7.80. The zero-order chi connectivity index (χ0) is 16.2. The van der Waals surface area contributed by atoms with E-state index < -0.39 is 0 Å². The van der Waals surface area contributed by atoms with Gasteiger partial charge < -0.3 is 16.0 Å². The van der Waals surface area contributed by atoms with Gasteiger partial charge in [-0.1, -0.05) is 24.2 Å². The van der Waals surface area contributed by atoms with E-state index in [2.05, 4.69) is 11.9 Å². The zero-order valence-corrected chi connectivity index (χ0v) is 13.9. The maximum absolute atomic E-state index is 11.8. The molecule has 5 nitrogen and oxygen atoms in total. The number of thiocarbonyl (C=S) groups is 1. The van der Waals surface area contributed by atoms with Crippen molar-refractivity contribution in [3.05, 3.63) is 35.4 Å². The lowest BCUT2D eigenvalue weighted by Crippen LogP contribution is -2.38. The molecule has 0 bridgehead atoms. The average molecular weight is 327 g/mol. The minimum atomic E-state index is -0.209. The molecule has 7 heteroatoms. The van der Waals surface area contributed by atoms with E-state index in [0.717, 1.165) is 16.9 Å². The third kappa shape index (κ3) is 4.09. The molecule has 0 aliphatic heterocycles. The van der Waals surface area contributed by atoms with Crippen LogP contribution in [0.25, 0.3) is 0 Å². The molecule has 0 aromatic heterocycles. The number of hydrogen-bond donors (Lipinski definition) is 2. The van der Waals surface area contributed by atoms with E-state index in [0.29, 0.717) is 11.6 Å². The van der Waals surface area contributed by atoms with Crippen molar-refractivity contribution >= 4 is 46.3 Å². The largest absolute Gasteiger partial charge is 0.376 e. The van der Waals surface area contributed by atoms with Crippen LogP contribution in [0.15, 0.2) is 29.8 Å². The Morgan fingerprint density at radius 3 is 2.52 bits per heavy atom. The molecule has 0 aliphatic rings. The first-order valence-corrected chi connectivity index (χ1v) is 7.03. The molecule has 0 saturated heterocycles. The summed E-state index contributed by atoms with van der Waals surface area (Å²) in [5.74, 6) is 0. The van der Waals surface area contributed by atoms with E-state index in [-0.39, 0.29) is 11.1 Å². The summed E-state index contributed by atoms with van der Waals surface area (Å²) in [6.07, 6.45) is 0. The summed E-state index contributed by atoms with van der Waals surface area (Å²) in [7, 11) is 3.27. The molecule has 0 heterocycles. The predicted octanol–water partition coefficient (Wildman–Crippen LogP) is 2.57. The van der Waals surface area contributed by atoms with Gasteiger partial charge in [-0.25, -0.2) is 4.79 Å². The minimum absolute atomic E-state index is 0.194. The first-order valence-electron chi connectivity index (χ1n) is 6.24. The van der Waals surface area contributed by atoms with Crippen molar-refractivity contribution in [2.75, 3.05) is 30.4 Å². The van der Waals surface area contributed by atoms with Crippen LogP contribution in [-0.2, 0) is 0 Å². The molecule has 1 aromatic carbocycles. The highest BCUT2D eigenvalue weighted by Gasteiger charge is 2.18. The highest BCUT2D eigenvalue weighted by atomic mass is 35.5. The molecule has 0 unspecified atom stereocenters. The second-order valence-corrected chi connectivity index (χ2v) is 5.43. The SMILES string of the molecule is C=C(Cl)CN(C(N)=S)c1cccc(N(C)C(=O)NC)c1C. The van der Waals surface area contributed by atoms with Gasteiger partial charge >= 0.3 is 6.03 Å². The Balaban J connectivity index is 3.28. The Bertz CT molecular complexity index is 576. The molecule has 0 radical (unpaired) electrons. The summed E-state index contributed by atoms with van der Waals surface area (Å²) in [5.41, 5.74) is 8.18. The average Bonchev–Trinajstić information content (AvgIpc) is 2.43. The Morgan fingerprint density at radius 1 is 1.48 bits per heavy atom.